The lowest BCUT2D eigenvalue weighted by Crippen LogP contribution is -2.51. The van der Waals surface area contributed by atoms with Gasteiger partial charge in [-0.15, -0.1) is 0 Å². The van der Waals surface area contributed by atoms with Gasteiger partial charge >= 0.3 is 8.80 Å². The third-order valence-electron chi connectivity index (χ3n) is 4.49. The first-order valence-electron chi connectivity index (χ1n) is 9.73. The van der Waals surface area contributed by atoms with E-state index in [2.05, 4.69) is 60.7 Å². The first-order valence-corrected chi connectivity index (χ1v) is 11.5. The van der Waals surface area contributed by atoms with Gasteiger partial charge in [-0.25, -0.2) is 0 Å². The van der Waals surface area contributed by atoms with Crippen LogP contribution in [-0.2, 0) is 26.1 Å². The standard InChI is InChI=1S/C22H32O3Si/c1-4-23-26(24-5-2,25-6-3)22(19-21-15-11-8-12-16-21)18-17-20-13-9-7-10-14-20/h7-16,22H,4-6,17-19H2,1-3H3. The lowest BCUT2D eigenvalue weighted by Gasteiger charge is -2.35. The molecule has 2 aromatic rings. The summed E-state index contributed by atoms with van der Waals surface area (Å²) in [6.45, 7) is 7.91. The van der Waals surface area contributed by atoms with Crippen LogP contribution < -0.4 is 0 Å². The predicted molar refractivity (Wildman–Crippen MR) is 109 cm³/mol. The summed E-state index contributed by atoms with van der Waals surface area (Å²) in [5.74, 6) is 0. The van der Waals surface area contributed by atoms with Gasteiger partial charge in [0, 0.05) is 25.4 Å². The van der Waals surface area contributed by atoms with Crippen LogP contribution in [0.4, 0.5) is 0 Å². The summed E-state index contributed by atoms with van der Waals surface area (Å²) in [4.78, 5) is 0. The molecule has 0 saturated heterocycles. The van der Waals surface area contributed by atoms with Crippen molar-refractivity contribution < 1.29 is 13.3 Å². The van der Waals surface area contributed by atoms with Gasteiger partial charge in [0.25, 0.3) is 0 Å². The van der Waals surface area contributed by atoms with Gasteiger partial charge < -0.3 is 13.3 Å². The SMILES string of the molecule is CCO[Si](OCC)(OCC)C(CCc1ccccc1)Cc1ccccc1. The summed E-state index contributed by atoms with van der Waals surface area (Å²) in [5.41, 5.74) is 2.89. The summed E-state index contributed by atoms with van der Waals surface area (Å²) in [6, 6.07) is 21.2. The normalized spacial score (nSPS) is 12.9. The van der Waals surface area contributed by atoms with Crippen LogP contribution in [0, 0.1) is 0 Å². The van der Waals surface area contributed by atoms with Crippen molar-refractivity contribution in [2.45, 2.75) is 45.6 Å². The van der Waals surface area contributed by atoms with Crippen molar-refractivity contribution in [1.29, 1.82) is 0 Å². The molecule has 0 heterocycles. The molecular formula is C22H32O3Si. The Morgan fingerprint density at radius 3 is 1.62 bits per heavy atom. The average molecular weight is 373 g/mol. The third-order valence-corrected chi connectivity index (χ3v) is 8.05. The molecule has 0 spiro atoms. The molecular weight excluding hydrogens is 340 g/mol. The zero-order chi connectivity index (χ0) is 18.7. The average Bonchev–Trinajstić information content (AvgIpc) is 2.67. The minimum Gasteiger partial charge on any atom is -0.374 e. The van der Waals surface area contributed by atoms with Crippen molar-refractivity contribution in [3.63, 3.8) is 0 Å². The predicted octanol–water partition coefficient (Wildman–Crippen LogP) is 5.28. The van der Waals surface area contributed by atoms with Crippen LogP contribution in [0.2, 0.25) is 5.54 Å². The summed E-state index contributed by atoms with van der Waals surface area (Å²) in [6.07, 6.45) is 2.91. The molecule has 0 aromatic heterocycles. The maximum Gasteiger partial charge on any atom is 0.504 e. The quantitative estimate of drug-likeness (QED) is 0.474. The molecule has 26 heavy (non-hydrogen) atoms. The molecule has 4 heteroatoms. The highest BCUT2D eigenvalue weighted by Gasteiger charge is 2.48. The Labute approximate surface area is 159 Å². The van der Waals surface area contributed by atoms with Crippen LogP contribution in [0.25, 0.3) is 0 Å². The molecule has 0 N–H and O–H groups in total. The van der Waals surface area contributed by atoms with Crippen LogP contribution in [0.5, 0.6) is 0 Å². The molecule has 0 aliphatic rings. The fourth-order valence-electron chi connectivity index (χ4n) is 3.37. The molecule has 0 radical (unpaired) electrons. The Hall–Kier alpha value is -1.46. The number of rotatable bonds is 12. The Kier molecular flexibility index (Phi) is 9.05. The molecule has 1 atom stereocenters. The lowest BCUT2D eigenvalue weighted by atomic mass is 10.0. The largest absolute Gasteiger partial charge is 0.504 e. The zero-order valence-corrected chi connectivity index (χ0v) is 17.3. The maximum absolute atomic E-state index is 6.23. The molecule has 142 valence electrons. The number of aryl methyl sites for hydroxylation is 1. The van der Waals surface area contributed by atoms with Crippen LogP contribution in [0.1, 0.15) is 38.3 Å². The molecule has 2 aromatic carbocycles. The van der Waals surface area contributed by atoms with Crippen molar-refractivity contribution in [2.75, 3.05) is 19.8 Å². The minimum absolute atomic E-state index is 0.241. The van der Waals surface area contributed by atoms with Gasteiger partial charge in [0.15, 0.2) is 0 Å². The van der Waals surface area contributed by atoms with E-state index >= 15 is 0 Å². The summed E-state index contributed by atoms with van der Waals surface area (Å²) in [5, 5.41) is 0. The molecule has 0 fully saturated rings. The second kappa shape index (κ2) is 11.3. The van der Waals surface area contributed by atoms with Crippen LogP contribution in [0.15, 0.2) is 60.7 Å². The molecule has 0 amide bonds. The molecule has 1 unspecified atom stereocenters. The van der Waals surface area contributed by atoms with E-state index < -0.39 is 8.80 Å². The highest BCUT2D eigenvalue weighted by atomic mass is 28.4. The highest BCUT2D eigenvalue weighted by molar-refractivity contribution is 6.62. The third kappa shape index (κ3) is 6.06. The number of benzene rings is 2. The van der Waals surface area contributed by atoms with Crippen molar-refractivity contribution >= 4 is 8.80 Å². The fourth-order valence-corrected chi connectivity index (χ4v) is 6.52. The summed E-state index contributed by atoms with van der Waals surface area (Å²) < 4.78 is 18.7. The molecule has 0 aliphatic carbocycles. The highest BCUT2D eigenvalue weighted by Crippen LogP contribution is 2.34. The monoisotopic (exact) mass is 372 g/mol. The van der Waals surface area contributed by atoms with Gasteiger partial charge in [-0.3, -0.25) is 0 Å². The zero-order valence-electron chi connectivity index (χ0n) is 16.3. The van der Waals surface area contributed by atoms with E-state index in [1.165, 1.54) is 11.1 Å². The van der Waals surface area contributed by atoms with E-state index in [0.717, 1.165) is 19.3 Å². The Bertz CT molecular complexity index is 586. The van der Waals surface area contributed by atoms with Crippen LogP contribution >= 0.6 is 0 Å². The fraction of sp³-hybridized carbons (Fsp3) is 0.455. The van der Waals surface area contributed by atoms with Crippen LogP contribution in [0.3, 0.4) is 0 Å². The molecule has 3 nitrogen and oxygen atoms in total. The lowest BCUT2D eigenvalue weighted by molar-refractivity contribution is 0.0596. The van der Waals surface area contributed by atoms with E-state index in [9.17, 15) is 0 Å². The first kappa shape index (κ1) is 20.8. The Morgan fingerprint density at radius 1 is 0.692 bits per heavy atom. The van der Waals surface area contributed by atoms with Crippen molar-refractivity contribution in [3.05, 3.63) is 71.8 Å². The van der Waals surface area contributed by atoms with E-state index in [0.29, 0.717) is 19.8 Å². The van der Waals surface area contributed by atoms with Crippen LogP contribution in [-0.4, -0.2) is 28.6 Å². The molecule has 0 bridgehead atoms. The second-order valence-corrected chi connectivity index (χ2v) is 9.20. The number of hydrogen-bond donors (Lipinski definition) is 0. The molecule has 0 saturated carbocycles. The molecule has 2 rings (SSSR count). The van der Waals surface area contributed by atoms with E-state index in [-0.39, 0.29) is 5.54 Å². The van der Waals surface area contributed by atoms with Gasteiger partial charge in [0.2, 0.25) is 0 Å². The van der Waals surface area contributed by atoms with E-state index in [1.54, 1.807) is 0 Å². The summed E-state index contributed by atoms with van der Waals surface area (Å²) >= 11 is 0. The van der Waals surface area contributed by atoms with Gasteiger partial charge in [-0.1, -0.05) is 60.7 Å². The van der Waals surface area contributed by atoms with Crippen molar-refractivity contribution in [1.82, 2.24) is 0 Å². The Balaban J connectivity index is 2.25. The van der Waals surface area contributed by atoms with Crippen molar-refractivity contribution in [3.8, 4) is 0 Å². The number of hydrogen-bond acceptors (Lipinski definition) is 3. The van der Waals surface area contributed by atoms with Crippen molar-refractivity contribution in [2.24, 2.45) is 0 Å². The smallest absolute Gasteiger partial charge is 0.374 e. The Morgan fingerprint density at radius 2 is 1.15 bits per heavy atom. The topological polar surface area (TPSA) is 27.7 Å². The maximum atomic E-state index is 6.23. The molecule has 0 aliphatic heterocycles. The van der Waals surface area contributed by atoms with Gasteiger partial charge in [-0.2, -0.15) is 0 Å². The van der Waals surface area contributed by atoms with Gasteiger partial charge in [0.1, 0.15) is 0 Å². The summed E-state index contributed by atoms with van der Waals surface area (Å²) in [7, 11) is -2.76. The van der Waals surface area contributed by atoms with E-state index in [4.69, 9.17) is 13.3 Å². The van der Waals surface area contributed by atoms with Gasteiger partial charge in [-0.05, 0) is 51.2 Å². The van der Waals surface area contributed by atoms with E-state index in [1.807, 2.05) is 20.8 Å². The first-order chi connectivity index (χ1) is 12.7. The minimum atomic E-state index is -2.76. The second-order valence-electron chi connectivity index (χ2n) is 6.31. The van der Waals surface area contributed by atoms with Gasteiger partial charge in [0.05, 0.1) is 0 Å².